The van der Waals surface area contributed by atoms with E-state index >= 15 is 0 Å². The van der Waals surface area contributed by atoms with Crippen molar-refractivity contribution >= 4 is 44.2 Å². The predicted molar refractivity (Wildman–Crippen MR) is 167 cm³/mol. The van der Waals surface area contributed by atoms with Crippen LogP contribution in [0.2, 0.25) is 0 Å². The normalized spacial score (nSPS) is 16.1. The molecule has 4 aromatic carbocycles. The van der Waals surface area contributed by atoms with E-state index in [1.54, 1.807) is 11.3 Å². The lowest BCUT2D eigenvalue weighted by molar-refractivity contribution is 0.00578. The largest absolute Gasteiger partial charge is 0.494 e. The van der Waals surface area contributed by atoms with Crippen LogP contribution in [0.15, 0.2) is 103 Å². The van der Waals surface area contributed by atoms with Crippen molar-refractivity contribution in [1.82, 2.24) is 9.97 Å². The Balaban J connectivity index is 1.35. The van der Waals surface area contributed by atoms with E-state index in [1.165, 1.54) is 4.70 Å². The summed E-state index contributed by atoms with van der Waals surface area (Å²) in [4.78, 5) is 10.2. The molecule has 4 nitrogen and oxygen atoms in total. The highest BCUT2D eigenvalue weighted by Gasteiger charge is 2.51. The Kier molecular flexibility index (Phi) is 5.90. The lowest BCUT2D eigenvalue weighted by Gasteiger charge is -2.32. The summed E-state index contributed by atoms with van der Waals surface area (Å²) in [5, 5.41) is 1.16. The van der Waals surface area contributed by atoms with Gasteiger partial charge in [0.15, 0.2) is 5.82 Å². The van der Waals surface area contributed by atoms with Gasteiger partial charge in [0.25, 0.3) is 0 Å². The molecule has 2 aromatic heterocycles. The smallest absolute Gasteiger partial charge is 0.399 e. The van der Waals surface area contributed by atoms with E-state index in [2.05, 4.69) is 113 Å². The molecule has 0 unspecified atom stereocenters. The van der Waals surface area contributed by atoms with Crippen molar-refractivity contribution in [2.24, 2.45) is 0 Å². The topological polar surface area (TPSA) is 44.2 Å². The van der Waals surface area contributed by atoms with Gasteiger partial charge in [-0.1, -0.05) is 91.0 Å². The van der Waals surface area contributed by atoms with Crippen LogP contribution >= 0.6 is 11.3 Å². The molecule has 0 saturated carbocycles. The first-order chi connectivity index (χ1) is 19.3. The molecule has 1 aliphatic rings. The fourth-order valence-electron chi connectivity index (χ4n) is 5.19. The van der Waals surface area contributed by atoms with Gasteiger partial charge < -0.3 is 9.31 Å². The SMILES string of the molecule is CC1(C)OB(c2cccc(-c3cccc(-c4nc(-c5ccccc5)nc5c4sc4ccccc45)c3)c2)OC1(C)C. The quantitative estimate of drug-likeness (QED) is 0.212. The van der Waals surface area contributed by atoms with Crippen LogP contribution in [-0.4, -0.2) is 28.3 Å². The Labute approximate surface area is 238 Å². The second kappa shape index (κ2) is 9.38. The molecule has 1 saturated heterocycles. The number of nitrogens with zero attached hydrogens (tertiary/aromatic N) is 2. The van der Waals surface area contributed by atoms with Crippen molar-refractivity contribution in [1.29, 1.82) is 0 Å². The number of thiophene rings is 1. The van der Waals surface area contributed by atoms with Crippen molar-refractivity contribution in [3.63, 3.8) is 0 Å². The van der Waals surface area contributed by atoms with Crippen molar-refractivity contribution in [3.05, 3.63) is 103 Å². The number of hydrogen-bond acceptors (Lipinski definition) is 5. The molecule has 0 aliphatic carbocycles. The lowest BCUT2D eigenvalue weighted by Crippen LogP contribution is -2.41. The molecule has 0 amide bonds. The molecule has 0 atom stereocenters. The third-order valence-corrected chi connectivity index (χ3v) is 9.30. The van der Waals surface area contributed by atoms with Crippen molar-refractivity contribution in [2.45, 2.75) is 38.9 Å². The first kappa shape index (κ1) is 25.2. The van der Waals surface area contributed by atoms with E-state index in [0.29, 0.717) is 0 Å². The first-order valence-corrected chi connectivity index (χ1v) is 14.4. The summed E-state index contributed by atoms with van der Waals surface area (Å²) < 4.78 is 15.0. The van der Waals surface area contributed by atoms with Gasteiger partial charge in [-0.2, -0.15) is 0 Å². The second-order valence-corrected chi connectivity index (χ2v) is 12.4. The molecular weight excluding hydrogens is 511 g/mol. The Morgan fingerprint density at radius 3 is 2.02 bits per heavy atom. The van der Waals surface area contributed by atoms with Crippen LogP contribution in [0.1, 0.15) is 27.7 Å². The highest BCUT2D eigenvalue weighted by atomic mass is 32.1. The fourth-order valence-corrected chi connectivity index (χ4v) is 6.35. The van der Waals surface area contributed by atoms with E-state index in [9.17, 15) is 0 Å². The average Bonchev–Trinajstić information content (AvgIpc) is 3.45. The van der Waals surface area contributed by atoms with Crippen LogP contribution in [0, 0.1) is 0 Å². The minimum atomic E-state index is -0.401. The van der Waals surface area contributed by atoms with Crippen LogP contribution in [0.25, 0.3) is 54.1 Å². The van der Waals surface area contributed by atoms with Crippen LogP contribution in [-0.2, 0) is 9.31 Å². The maximum atomic E-state index is 6.33. The number of rotatable bonds is 4. The van der Waals surface area contributed by atoms with Gasteiger partial charge in [-0.15, -0.1) is 11.3 Å². The highest BCUT2D eigenvalue weighted by molar-refractivity contribution is 7.26. The Morgan fingerprint density at radius 1 is 0.625 bits per heavy atom. The number of benzene rings is 4. The molecule has 0 spiro atoms. The summed E-state index contributed by atoms with van der Waals surface area (Å²) in [5.41, 5.74) is 6.50. The Hall–Kier alpha value is -3.84. The minimum absolute atomic E-state index is 0.382. The van der Waals surface area contributed by atoms with E-state index in [4.69, 9.17) is 19.3 Å². The third kappa shape index (κ3) is 4.24. The summed E-state index contributed by atoms with van der Waals surface area (Å²) >= 11 is 1.75. The summed E-state index contributed by atoms with van der Waals surface area (Å²) in [6, 6.07) is 35.8. The molecule has 6 heteroatoms. The third-order valence-electron chi connectivity index (χ3n) is 8.13. The van der Waals surface area contributed by atoms with Crippen molar-refractivity contribution in [3.8, 4) is 33.8 Å². The monoisotopic (exact) mass is 540 g/mol. The maximum absolute atomic E-state index is 6.33. The summed E-state index contributed by atoms with van der Waals surface area (Å²) in [6.07, 6.45) is 0. The van der Waals surface area contributed by atoms with Crippen LogP contribution in [0.4, 0.5) is 0 Å². The minimum Gasteiger partial charge on any atom is -0.399 e. The average molecular weight is 540 g/mol. The zero-order chi connectivity index (χ0) is 27.5. The van der Waals surface area contributed by atoms with Crippen molar-refractivity contribution in [2.75, 3.05) is 0 Å². The van der Waals surface area contributed by atoms with E-state index in [1.807, 2.05) is 18.2 Å². The van der Waals surface area contributed by atoms with Gasteiger partial charge in [0.05, 0.1) is 27.1 Å². The molecule has 1 aliphatic heterocycles. The van der Waals surface area contributed by atoms with Gasteiger partial charge in [-0.25, -0.2) is 9.97 Å². The Bertz CT molecular complexity index is 1860. The number of hydrogen-bond donors (Lipinski definition) is 0. The van der Waals surface area contributed by atoms with Gasteiger partial charge in [-0.05, 0) is 56.4 Å². The van der Waals surface area contributed by atoms with Gasteiger partial charge in [0, 0.05) is 21.2 Å². The summed E-state index contributed by atoms with van der Waals surface area (Å²) in [7, 11) is -0.401. The Morgan fingerprint density at radius 2 is 1.25 bits per heavy atom. The van der Waals surface area contributed by atoms with Gasteiger partial charge in [-0.3, -0.25) is 0 Å². The van der Waals surface area contributed by atoms with Crippen LogP contribution in [0.5, 0.6) is 0 Å². The zero-order valence-electron chi connectivity index (χ0n) is 23.0. The van der Waals surface area contributed by atoms with E-state index < -0.39 is 7.12 Å². The molecule has 0 N–H and O–H groups in total. The molecule has 0 bridgehead atoms. The van der Waals surface area contributed by atoms with Gasteiger partial charge in [0.1, 0.15) is 0 Å². The van der Waals surface area contributed by atoms with Gasteiger partial charge >= 0.3 is 7.12 Å². The molecule has 6 aromatic rings. The fraction of sp³-hybridized carbons (Fsp3) is 0.176. The maximum Gasteiger partial charge on any atom is 0.494 e. The van der Waals surface area contributed by atoms with E-state index in [-0.39, 0.29) is 11.2 Å². The summed E-state index contributed by atoms with van der Waals surface area (Å²) in [5.74, 6) is 0.736. The highest BCUT2D eigenvalue weighted by Crippen LogP contribution is 2.40. The standard InChI is InChI=1S/C34H29BN2O2S/c1-33(2)34(3,4)39-35(38-33)26-17-11-15-24(21-26)23-14-10-16-25(20-23)29-31-30(27-18-8-9-19-28(27)40-31)37-32(36-29)22-12-6-5-7-13-22/h5-21H,1-4H3. The lowest BCUT2D eigenvalue weighted by atomic mass is 9.78. The molecular formula is C34H29BN2O2S. The summed E-state index contributed by atoms with van der Waals surface area (Å²) in [6.45, 7) is 8.34. The molecule has 3 heterocycles. The zero-order valence-corrected chi connectivity index (χ0v) is 23.8. The molecule has 196 valence electrons. The second-order valence-electron chi connectivity index (χ2n) is 11.3. The number of aromatic nitrogens is 2. The molecule has 7 rings (SSSR count). The van der Waals surface area contributed by atoms with Crippen molar-refractivity contribution < 1.29 is 9.31 Å². The molecule has 0 radical (unpaired) electrons. The first-order valence-electron chi connectivity index (χ1n) is 13.6. The molecule has 1 fully saturated rings. The van der Waals surface area contributed by atoms with Crippen LogP contribution in [0.3, 0.4) is 0 Å². The number of fused-ring (bicyclic) bond motifs is 3. The predicted octanol–water partition coefficient (Wildman–Crippen LogP) is 8.14. The molecule has 40 heavy (non-hydrogen) atoms. The van der Waals surface area contributed by atoms with Crippen LogP contribution < -0.4 is 5.46 Å². The van der Waals surface area contributed by atoms with E-state index in [0.717, 1.165) is 54.8 Å². The van der Waals surface area contributed by atoms with Gasteiger partial charge in [0.2, 0.25) is 0 Å².